The van der Waals surface area contributed by atoms with Gasteiger partial charge >= 0.3 is 0 Å². The molecule has 0 fully saturated rings. The molecule has 0 saturated carbocycles. The van der Waals surface area contributed by atoms with Crippen LogP contribution in [0.3, 0.4) is 0 Å². The molecule has 0 aromatic carbocycles. The first-order valence-corrected chi connectivity index (χ1v) is 5.94. The molecule has 0 rings (SSSR count). The average Bonchev–Trinajstić information content (AvgIpc) is 2.17. The maximum absolute atomic E-state index is 5.81. The van der Waals surface area contributed by atoms with Gasteiger partial charge in [0, 0.05) is 12.1 Å². The number of likely N-dealkylation sites (N-methyl/N-ethyl adjacent to an activating group) is 1. The van der Waals surface area contributed by atoms with Crippen molar-refractivity contribution in [1.82, 2.24) is 4.90 Å². The molecule has 0 saturated heterocycles. The first-order valence-electron chi connectivity index (χ1n) is 5.94. The maximum atomic E-state index is 5.81. The van der Waals surface area contributed by atoms with Gasteiger partial charge < -0.3 is 10.6 Å². The molecular formula is C12H28N2. The minimum absolute atomic E-state index is 0.201. The van der Waals surface area contributed by atoms with Crippen LogP contribution in [0.5, 0.6) is 0 Å². The SMILES string of the molecule is CCCCCCCC(C)(CN)N(C)C. The Balaban J connectivity index is 3.63. The van der Waals surface area contributed by atoms with Crippen molar-refractivity contribution in [2.45, 2.75) is 57.9 Å². The number of unbranched alkanes of at least 4 members (excludes halogenated alkanes) is 4. The Kier molecular flexibility index (Phi) is 7.20. The molecule has 0 radical (unpaired) electrons. The zero-order valence-electron chi connectivity index (χ0n) is 10.5. The van der Waals surface area contributed by atoms with E-state index in [0.29, 0.717) is 0 Å². The van der Waals surface area contributed by atoms with Crippen LogP contribution < -0.4 is 5.73 Å². The van der Waals surface area contributed by atoms with Gasteiger partial charge in [-0.25, -0.2) is 0 Å². The second kappa shape index (κ2) is 7.24. The smallest absolute Gasteiger partial charge is 0.0297 e. The third-order valence-electron chi connectivity index (χ3n) is 3.34. The molecule has 2 nitrogen and oxygen atoms in total. The fourth-order valence-corrected chi connectivity index (χ4v) is 1.62. The standard InChI is InChI=1S/C12H28N2/c1-5-6-7-8-9-10-12(2,11-13)14(3)4/h5-11,13H2,1-4H3. The number of nitrogens with two attached hydrogens (primary N) is 1. The Hall–Kier alpha value is -0.0800. The van der Waals surface area contributed by atoms with Crippen LogP contribution in [0.2, 0.25) is 0 Å². The fourth-order valence-electron chi connectivity index (χ4n) is 1.62. The van der Waals surface area contributed by atoms with Gasteiger partial charge in [-0.1, -0.05) is 39.0 Å². The van der Waals surface area contributed by atoms with Gasteiger partial charge in [0.25, 0.3) is 0 Å². The molecule has 0 heterocycles. The van der Waals surface area contributed by atoms with E-state index in [1.165, 1.54) is 38.5 Å². The van der Waals surface area contributed by atoms with Crippen LogP contribution in [0.25, 0.3) is 0 Å². The molecule has 2 heteroatoms. The molecule has 0 amide bonds. The van der Waals surface area contributed by atoms with Crippen molar-refractivity contribution in [3.05, 3.63) is 0 Å². The Morgan fingerprint density at radius 1 is 1.07 bits per heavy atom. The first-order chi connectivity index (χ1) is 6.56. The summed E-state index contributed by atoms with van der Waals surface area (Å²) in [5.41, 5.74) is 6.01. The highest BCUT2D eigenvalue weighted by molar-refractivity contribution is 4.83. The van der Waals surface area contributed by atoms with Crippen LogP contribution in [0.4, 0.5) is 0 Å². The van der Waals surface area contributed by atoms with Gasteiger partial charge in [-0.2, -0.15) is 0 Å². The maximum Gasteiger partial charge on any atom is 0.0297 e. The second-order valence-corrected chi connectivity index (χ2v) is 4.76. The van der Waals surface area contributed by atoms with Crippen LogP contribution in [-0.2, 0) is 0 Å². The first kappa shape index (κ1) is 13.9. The molecule has 0 aromatic heterocycles. The summed E-state index contributed by atoms with van der Waals surface area (Å²) in [6.07, 6.45) is 7.97. The largest absolute Gasteiger partial charge is 0.329 e. The summed E-state index contributed by atoms with van der Waals surface area (Å²) < 4.78 is 0. The average molecular weight is 200 g/mol. The minimum Gasteiger partial charge on any atom is -0.329 e. The van der Waals surface area contributed by atoms with Crippen LogP contribution in [-0.4, -0.2) is 31.1 Å². The van der Waals surface area contributed by atoms with Crippen molar-refractivity contribution in [1.29, 1.82) is 0 Å². The predicted molar refractivity (Wildman–Crippen MR) is 64.5 cm³/mol. The van der Waals surface area contributed by atoms with E-state index >= 15 is 0 Å². The molecule has 0 bridgehead atoms. The van der Waals surface area contributed by atoms with Crippen molar-refractivity contribution >= 4 is 0 Å². The van der Waals surface area contributed by atoms with Crippen molar-refractivity contribution in [2.24, 2.45) is 5.73 Å². The molecule has 2 N–H and O–H groups in total. The number of rotatable bonds is 8. The summed E-state index contributed by atoms with van der Waals surface area (Å²) in [5.74, 6) is 0. The lowest BCUT2D eigenvalue weighted by molar-refractivity contribution is 0.164. The molecule has 1 atom stereocenters. The lowest BCUT2D eigenvalue weighted by Gasteiger charge is -2.35. The van der Waals surface area contributed by atoms with E-state index in [1.54, 1.807) is 0 Å². The van der Waals surface area contributed by atoms with Gasteiger partial charge in [0.15, 0.2) is 0 Å². The molecular weight excluding hydrogens is 172 g/mol. The number of nitrogens with zero attached hydrogens (tertiary/aromatic N) is 1. The molecule has 0 aromatic rings. The normalized spacial score (nSPS) is 15.9. The van der Waals surface area contributed by atoms with E-state index in [4.69, 9.17) is 5.73 Å². The monoisotopic (exact) mass is 200 g/mol. The Labute approximate surface area is 89.9 Å². The summed E-state index contributed by atoms with van der Waals surface area (Å²) in [7, 11) is 4.25. The van der Waals surface area contributed by atoms with E-state index < -0.39 is 0 Å². The summed E-state index contributed by atoms with van der Waals surface area (Å²) in [5, 5.41) is 0. The third kappa shape index (κ3) is 4.97. The van der Waals surface area contributed by atoms with Crippen molar-refractivity contribution in [3.63, 3.8) is 0 Å². The topological polar surface area (TPSA) is 29.3 Å². The van der Waals surface area contributed by atoms with Gasteiger partial charge in [-0.15, -0.1) is 0 Å². The lowest BCUT2D eigenvalue weighted by atomic mass is 9.93. The van der Waals surface area contributed by atoms with Crippen LogP contribution >= 0.6 is 0 Å². The van der Waals surface area contributed by atoms with Gasteiger partial charge in [-0.05, 0) is 27.4 Å². The van der Waals surface area contributed by atoms with Crippen LogP contribution in [0.15, 0.2) is 0 Å². The summed E-state index contributed by atoms with van der Waals surface area (Å²) in [6, 6.07) is 0. The molecule has 86 valence electrons. The van der Waals surface area contributed by atoms with E-state index in [0.717, 1.165) is 6.54 Å². The zero-order chi connectivity index (χ0) is 11.0. The van der Waals surface area contributed by atoms with Gasteiger partial charge in [0.05, 0.1) is 0 Å². The van der Waals surface area contributed by atoms with Crippen LogP contribution in [0.1, 0.15) is 52.4 Å². The lowest BCUT2D eigenvalue weighted by Crippen LogP contribution is -2.47. The Morgan fingerprint density at radius 3 is 2.07 bits per heavy atom. The quantitative estimate of drug-likeness (QED) is 0.610. The molecule has 0 spiro atoms. The molecule has 0 aliphatic heterocycles. The summed E-state index contributed by atoms with van der Waals surface area (Å²) in [4.78, 5) is 2.26. The molecule has 14 heavy (non-hydrogen) atoms. The van der Waals surface area contributed by atoms with Gasteiger partial charge in [0.1, 0.15) is 0 Å². The van der Waals surface area contributed by atoms with Gasteiger partial charge in [0.2, 0.25) is 0 Å². The van der Waals surface area contributed by atoms with Crippen molar-refractivity contribution in [3.8, 4) is 0 Å². The highest BCUT2D eigenvalue weighted by Crippen LogP contribution is 2.19. The van der Waals surface area contributed by atoms with E-state index in [2.05, 4.69) is 32.8 Å². The van der Waals surface area contributed by atoms with E-state index in [9.17, 15) is 0 Å². The number of hydrogen-bond donors (Lipinski definition) is 1. The van der Waals surface area contributed by atoms with E-state index in [-0.39, 0.29) is 5.54 Å². The minimum atomic E-state index is 0.201. The highest BCUT2D eigenvalue weighted by atomic mass is 15.1. The summed E-state index contributed by atoms with van der Waals surface area (Å²) in [6.45, 7) is 5.27. The Morgan fingerprint density at radius 2 is 1.64 bits per heavy atom. The Bertz CT molecular complexity index is 134. The zero-order valence-corrected chi connectivity index (χ0v) is 10.5. The fraction of sp³-hybridized carbons (Fsp3) is 1.00. The highest BCUT2D eigenvalue weighted by Gasteiger charge is 2.23. The second-order valence-electron chi connectivity index (χ2n) is 4.76. The third-order valence-corrected chi connectivity index (χ3v) is 3.34. The molecule has 0 aliphatic rings. The number of hydrogen-bond acceptors (Lipinski definition) is 2. The van der Waals surface area contributed by atoms with Gasteiger partial charge in [-0.3, -0.25) is 0 Å². The predicted octanol–water partition coefficient (Wildman–Crippen LogP) is 2.63. The van der Waals surface area contributed by atoms with E-state index in [1.807, 2.05) is 0 Å². The molecule has 1 unspecified atom stereocenters. The molecule has 0 aliphatic carbocycles. The van der Waals surface area contributed by atoms with Crippen molar-refractivity contribution in [2.75, 3.05) is 20.6 Å². The summed E-state index contributed by atoms with van der Waals surface area (Å²) >= 11 is 0. The van der Waals surface area contributed by atoms with Crippen molar-refractivity contribution < 1.29 is 0 Å². The van der Waals surface area contributed by atoms with Crippen LogP contribution in [0, 0.1) is 0 Å².